The summed E-state index contributed by atoms with van der Waals surface area (Å²) in [6.07, 6.45) is 0.662. The molecule has 2 N–H and O–H groups in total. The van der Waals surface area contributed by atoms with Crippen molar-refractivity contribution < 1.29 is 9.18 Å². The van der Waals surface area contributed by atoms with Gasteiger partial charge in [0.15, 0.2) is 5.01 Å². The van der Waals surface area contributed by atoms with Crippen LogP contribution in [0.1, 0.15) is 20.4 Å². The summed E-state index contributed by atoms with van der Waals surface area (Å²) in [5, 5.41) is 2.18. The Hall–Kier alpha value is -2.05. The molecule has 0 atom stereocenters. The molecule has 6 heteroatoms. The molecule has 0 unspecified atom stereocenters. The van der Waals surface area contributed by atoms with Gasteiger partial charge in [-0.25, -0.2) is 9.37 Å². The van der Waals surface area contributed by atoms with Crippen molar-refractivity contribution in [1.29, 1.82) is 0 Å². The van der Waals surface area contributed by atoms with Crippen molar-refractivity contribution in [2.45, 2.75) is 6.42 Å². The van der Waals surface area contributed by atoms with Gasteiger partial charge in [0.2, 0.25) is 0 Å². The molecule has 2 heterocycles. The number of rotatable bonds is 4. The minimum atomic E-state index is -0.496. The van der Waals surface area contributed by atoms with Crippen LogP contribution in [0.25, 0.3) is 10.4 Å². The topological polar surface area (TPSA) is 56.0 Å². The molecule has 0 fully saturated rings. The maximum atomic E-state index is 12.9. The molecule has 0 spiro atoms. The van der Waals surface area contributed by atoms with Gasteiger partial charge in [0.1, 0.15) is 5.82 Å². The largest absolute Gasteiger partial charge is 0.364 e. The van der Waals surface area contributed by atoms with Gasteiger partial charge in [-0.3, -0.25) is 4.79 Å². The fraction of sp³-hybridized carbons (Fsp3) is 0.0667. The van der Waals surface area contributed by atoms with Crippen molar-refractivity contribution in [3.05, 3.63) is 63.2 Å². The second-order valence-electron chi connectivity index (χ2n) is 4.46. The fourth-order valence-electron chi connectivity index (χ4n) is 1.92. The fourth-order valence-corrected chi connectivity index (χ4v) is 3.62. The lowest BCUT2D eigenvalue weighted by atomic mass is 10.2. The third-order valence-corrected chi connectivity index (χ3v) is 4.95. The van der Waals surface area contributed by atoms with Gasteiger partial charge >= 0.3 is 0 Å². The summed E-state index contributed by atoms with van der Waals surface area (Å²) >= 11 is 2.89. The van der Waals surface area contributed by atoms with Gasteiger partial charge in [0.05, 0.1) is 5.69 Å². The van der Waals surface area contributed by atoms with Crippen LogP contribution in [0.3, 0.4) is 0 Å². The van der Waals surface area contributed by atoms with Crippen molar-refractivity contribution in [2.75, 3.05) is 0 Å². The zero-order valence-corrected chi connectivity index (χ0v) is 12.5. The van der Waals surface area contributed by atoms with E-state index < -0.39 is 5.91 Å². The lowest BCUT2D eigenvalue weighted by Crippen LogP contribution is -2.10. The van der Waals surface area contributed by atoms with E-state index in [1.807, 2.05) is 17.5 Å². The predicted octanol–water partition coefficient (Wildman–Crippen LogP) is 3.70. The first-order chi connectivity index (χ1) is 10.1. The molecule has 0 saturated heterocycles. The van der Waals surface area contributed by atoms with Crippen molar-refractivity contribution in [2.24, 2.45) is 5.73 Å². The first-order valence-electron chi connectivity index (χ1n) is 6.20. The van der Waals surface area contributed by atoms with E-state index in [4.69, 9.17) is 5.73 Å². The Morgan fingerprint density at radius 3 is 2.62 bits per heavy atom. The van der Waals surface area contributed by atoms with Crippen molar-refractivity contribution in [3.8, 4) is 10.4 Å². The molecular formula is C15H11FN2OS2. The Bertz CT molecular complexity index is 777. The van der Waals surface area contributed by atoms with Gasteiger partial charge in [-0.15, -0.1) is 22.7 Å². The SMILES string of the molecule is NC(=O)c1nc(Cc2ccc(-c3ccc(F)cc3)s2)cs1. The number of thiazole rings is 1. The van der Waals surface area contributed by atoms with Gasteiger partial charge in [-0.1, -0.05) is 12.1 Å². The Morgan fingerprint density at radius 2 is 1.95 bits per heavy atom. The Kier molecular flexibility index (Phi) is 3.81. The van der Waals surface area contributed by atoms with Gasteiger partial charge in [-0.05, 0) is 29.8 Å². The highest BCUT2D eigenvalue weighted by molar-refractivity contribution is 7.15. The number of benzene rings is 1. The first-order valence-corrected chi connectivity index (χ1v) is 7.90. The number of carbonyl (C=O) groups is 1. The lowest BCUT2D eigenvalue weighted by Gasteiger charge is -1.96. The molecule has 21 heavy (non-hydrogen) atoms. The van der Waals surface area contributed by atoms with Gasteiger partial charge < -0.3 is 5.73 Å². The van der Waals surface area contributed by atoms with Crippen LogP contribution in [0, 0.1) is 5.82 Å². The molecule has 0 aliphatic rings. The average molecular weight is 318 g/mol. The van der Waals surface area contributed by atoms with E-state index in [-0.39, 0.29) is 5.82 Å². The summed E-state index contributed by atoms with van der Waals surface area (Å²) in [7, 11) is 0. The van der Waals surface area contributed by atoms with E-state index >= 15 is 0 Å². The zero-order chi connectivity index (χ0) is 14.8. The maximum Gasteiger partial charge on any atom is 0.277 e. The number of thiophene rings is 1. The molecule has 0 bridgehead atoms. The number of hydrogen-bond acceptors (Lipinski definition) is 4. The second-order valence-corrected chi connectivity index (χ2v) is 6.48. The smallest absolute Gasteiger partial charge is 0.277 e. The minimum absolute atomic E-state index is 0.239. The van der Waals surface area contributed by atoms with Gasteiger partial charge in [0, 0.05) is 21.6 Å². The van der Waals surface area contributed by atoms with Crippen LogP contribution < -0.4 is 5.73 Å². The molecule has 0 saturated carbocycles. The standard InChI is InChI=1S/C15H11FN2OS2/c16-10-3-1-9(2-4-10)13-6-5-12(21-13)7-11-8-20-15(18-11)14(17)19/h1-6,8H,7H2,(H2,17,19). The molecule has 2 aromatic heterocycles. The summed E-state index contributed by atoms with van der Waals surface area (Å²) in [4.78, 5) is 17.4. The number of primary amides is 1. The predicted molar refractivity (Wildman–Crippen MR) is 83.2 cm³/mol. The average Bonchev–Trinajstić information content (AvgIpc) is 3.10. The first kappa shape index (κ1) is 13.9. The number of halogens is 1. The quantitative estimate of drug-likeness (QED) is 0.797. The van der Waals surface area contributed by atoms with Crippen molar-refractivity contribution in [1.82, 2.24) is 4.98 Å². The van der Waals surface area contributed by atoms with Gasteiger partial charge in [-0.2, -0.15) is 0 Å². The Balaban J connectivity index is 1.78. The van der Waals surface area contributed by atoms with Gasteiger partial charge in [0.25, 0.3) is 5.91 Å². The number of carbonyl (C=O) groups excluding carboxylic acids is 1. The Labute approximate surface area is 128 Å². The highest BCUT2D eigenvalue weighted by Crippen LogP contribution is 2.29. The van der Waals surface area contributed by atoms with Crippen molar-refractivity contribution in [3.63, 3.8) is 0 Å². The second kappa shape index (κ2) is 5.75. The van der Waals surface area contributed by atoms with E-state index in [9.17, 15) is 9.18 Å². The highest BCUT2D eigenvalue weighted by Gasteiger charge is 2.09. The van der Waals surface area contributed by atoms with E-state index in [1.54, 1.807) is 23.5 Å². The number of amides is 1. The number of aromatic nitrogens is 1. The summed E-state index contributed by atoms with van der Waals surface area (Å²) in [6, 6.07) is 10.5. The van der Waals surface area contributed by atoms with Crippen LogP contribution in [-0.2, 0) is 6.42 Å². The molecule has 1 aromatic carbocycles. The molecule has 3 aromatic rings. The van der Waals surface area contributed by atoms with E-state index in [0.29, 0.717) is 11.4 Å². The van der Waals surface area contributed by atoms with Crippen LogP contribution >= 0.6 is 22.7 Å². The monoisotopic (exact) mass is 318 g/mol. The zero-order valence-electron chi connectivity index (χ0n) is 10.9. The van der Waals surface area contributed by atoms with E-state index in [1.165, 1.54) is 23.5 Å². The molecular weight excluding hydrogens is 307 g/mol. The van der Waals surface area contributed by atoms with E-state index in [0.717, 1.165) is 21.0 Å². The molecule has 0 aliphatic heterocycles. The lowest BCUT2D eigenvalue weighted by molar-refractivity contribution is 0.1000. The summed E-state index contributed by atoms with van der Waals surface area (Å²) in [6.45, 7) is 0. The summed E-state index contributed by atoms with van der Waals surface area (Å²) in [5.74, 6) is -0.735. The van der Waals surface area contributed by atoms with Crippen LogP contribution in [0.15, 0.2) is 41.8 Å². The summed E-state index contributed by atoms with van der Waals surface area (Å²) < 4.78 is 12.9. The molecule has 3 nitrogen and oxygen atoms in total. The van der Waals surface area contributed by atoms with Crippen LogP contribution in [0.5, 0.6) is 0 Å². The molecule has 106 valence electrons. The molecule has 0 radical (unpaired) electrons. The maximum absolute atomic E-state index is 12.9. The van der Waals surface area contributed by atoms with Crippen LogP contribution in [-0.4, -0.2) is 10.9 Å². The molecule has 0 aliphatic carbocycles. The third-order valence-electron chi connectivity index (χ3n) is 2.91. The van der Waals surface area contributed by atoms with Crippen LogP contribution in [0.2, 0.25) is 0 Å². The van der Waals surface area contributed by atoms with Crippen molar-refractivity contribution >= 4 is 28.6 Å². The number of hydrogen-bond donors (Lipinski definition) is 1. The summed E-state index contributed by atoms with van der Waals surface area (Å²) in [5.41, 5.74) is 7.02. The molecule has 3 rings (SSSR count). The number of nitrogens with zero attached hydrogens (tertiary/aromatic N) is 1. The van der Waals surface area contributed by atoms with E-state index in [2.05, 4.69) is 4.98 Å². The third kappa shape index (κ3) is 3.17. The highest BCUT2D eigenvalue weighted by atomic mass is 32.1. The Morgan fingerprint density at radius 1 is 1.19 bits per heavy atom. The van der Waals surface area contributed by atoms with Crippen LogP contribution in [0.4, 0.5) is 4.39 Å². The number of nitrogens with two attached hydrogens (primary N) is 1. The molecule has 1 amide bonds. The minimum Gasteiger partial charge on any atom is -0.364 e. The normalized spacial score (nSPS) is 10.7.